The van der Waals surface area contributed by atoms with Crippen LogP contribution in [0.3, 0.4) is 0 Å². The number of hydrogen-bond acceptors (Lipinski definition) is 5. The van der Waals surface area contributed by atoms with E-state index in [9.17, 15) is 0 Å². The standard InChI is InChI=1S/C18H20N4OS/c1-13-17(12-21-10-15(11-21)22-9-3-8-19-22)20-18(23-13)14-4-6-16(24-2)7-5-14/h3-9,15H,10-12H2,1-2H3. The van der Waals surface area contributed by atoms with Crippen molar-refractivity contribution in [3.8, 4) is 11.5 Å². The molecule has 1 saturated heterocycles. The summed E-state index contributed by atoms with van der Waals surface area (Å²) in [6.45, 7) is 4.83. The highest BCUT2D eigenvalue weighted by molar-refractivity contribution is 7.98. The van der Waals surface area contributed by atoms with Crippen molar-refractivity contribution >= 4 is 11.8 Å². The Kier molecular flexibility index (Phi) is 4.16. The van der Waals surface area contributed by atoms with E-state index in [4.69, 9.17) is 9.40 Å². The Labute approximate surface area is 145 Å². The van der Waals surface area contributed by atoms with Gasteiger partial charge in [0.15, 0.2) is 0 Å². The number of likely N-dealkylation sites (tertiary alicyclic amines) is 1. The van der Waals surface area contributed by atoms with Crippen LogP contribution in [-0.4, -0.2) is 39.0 Å². The maximum atomic E-state index is 5.88. The van der Waals surface area contributed by atoms with E-state index >= 15 is 0 Å². The Balaban J connectivity index is 1.42. The highest BCUT2D eigenvalue weighted by Gasteiger charge is 2.29. The van der Waals surface area contributed by atoms with Gasteiger partial charge in [0.2, 0.25) is 5.89 Å². The quantitative estimate of drug-likeness (QED) is 0.664. The number of thioether (sulfide) groups is 1. The van der Waals surface area contributed by atoms with E-state index in [1.165, 1.54) is 4.90 Å². The first-order valence-electron chi connectivity index (χ1n) is 8.05. The van der Waals surface area contributed by atoms with E-state index in [2.05, 4.69) is 40.5 Å². The second kappa shape index (κ2) is 6.45. The van der Waals surface area contributed by atoms with Crippen LogP contribution in [-0.2, 0) is 6.54 Å². The fourth-order valence-corrected chi connectivity index (χ4v) is 3.39. The van der Waals surface area contributed by atoms with Gasteiger partial charge >= 0.3 is 0 Å². The molecule has 0 atom stereocenters. The first-order chi connectivity index (χ1) is 11.7. The van der Waals surface area contributed by atoms with Gasteiger partial charge in [-0.15, -0.1) is 11.8 Å². The summed E-state index contributed by atoms with van der Waals surface area (Å²) in [5, 5.41) is 4.31. The molecule has 1 fully saturated rings. The average Bonchev–Trinajstić information content (AvgIpc) is 3.21. The lowest BCUT2D eigenvalue weighted by Gasteiger charge is -2.38. The number of rotatable bonds is 5. The summed E-state index contributed by atoms with van der Waals surface area (Å²) in [5.41, 5.74) is 2.05. The summed E-state index contributed by atoms with van der Waals surface area (Å²) in [6.07, 6.45) is 5.94. The SMILES string of the molecule is CSc1ccc(-c2nc(CN3CC(n4cccn4)C3)c(C)o2)cc1. The molecule has 0 N–H and O–H groups in total. The third-order valence-electron chi connectivity index (χ3n) is 4.44. The highest BCUT2D eigenvalue weighted by atomic mass is 32.2. The molecule has 3 aromatic rings. The molecule has 0 amide bonds. The monoisotopic (exact) mass is 340 g/mol. The molecular weight excluding hydrogens is 320 g/mol. The Morgan fingerprint density at radius 2 is 2.04 bits per heavy atom. The number of benzene rings is 1. The summed E-state index contributed by atoms with van der Waals surface area (Å²) >= 11 is 1.73. The van der Waals surface area contributed by atoms with Gasteiger partial charge in [-0.2, -0.15) is 5.10 Å². The number of oxazole rings is 1. The molecule has 0 unspecified atom stereocenters. The second-order valence-electron chi connectivity index (χ2n) is 6.08. The van der Waals surface area contributed by atoms with Gasteiger partial charge in [0.25, 0.3) is 0 Å². The van der Waals surface area contributed by atoms with Crippen molar-refractivity contribution in [3.05, 3.63) is 54.2 Å². The van der Waals surface area contributed by atoms with E-state index in [1.807, 2.05) is 30.1 Å². The number of aromatic nitrogens is 3. The Morgan fingerprint density at radius 3 is 2.71 bits per heavy atom. The zero-order chi connectivity index (χ0) is 16.5. The van der Waals surface area contributed by atoms with Crippen LogP contribution in [0.15, 0.2) is 52.0 Å². The first kappa shape index (κ1) is 15.5. The van der Waals surface area contributed by atoms with E-state index < -0.39 is 0 Å². The molecule has 0 spiro atoms. The highest BCUT2D eigenvalue weighted by Crippen LogP contribution is 2.27. The van der Waals surface area contributed by atoms with Gasteiger partial charge in [-0.1, -0.05) is 0 Å². The van der Waals surface area contributed by atoms with Crippen LogP contribution in [0.5, 0.6) is 0 Å². The molecule has 0 saturated carbocycles. The van der Waals surface area contributed by atoms with Crippen LogP contribution in [0.4, 0.5) is 0 Å². The van der Waals surface area contributed by atoms with E-state index in [-0.39, 0.29) is 0 Å². The zero-order valence-electron chi connectivity index (χ0n) is 13.8. The fraction of sp³-hybridized carbons (Fsp3) is 0.333. The van der Waals surface area contributed by atoms with Gasteiger partial charge in [0.05, 0.1) is 11.7 Å². The molecule has 4 rings (SSSR count). The van der Waals surface area contributed by atoms with Crippen LogP contribution in [0.2, 0.25) is 0 Å². The van der Waals surface area contributed by atoms with Crippen molar-refractivity contribution in [2.45, 2.75) is 24.4 Å². The molecule has 1 aliphatic rings. The third kappa shape index (κ3) is 2.99. The summed E-state index contributed by atoms with van der Waals surface area (Å²) in [6, 6.07) is 10.8. The van der Waals surface area contributed by atoms with E-state index in [0.717, 1.165) is 36.7 Å². The lowest BCUT2D eigenvalue weighted by molar-refractivity contribution is 0.0892. The van der Waals surface area contributed by atoms with E-state index in [0.29, 0.717) is 11.9 Å². The summed E-state index contributed by atoms with van der Waals surface area (Å²) in [5.74, 6) is 1.61. The van der Waals surface area contributed by atoms with Crippen molar-refractivity contribution in [1.29, 1.82) is 0 Å². The fourth-order valence-electron chi connectivity index (χ4n) is 2.98. The Bertz CT molecular complexity index is 804. The lowest BCUT2D eigenvalue weighted by atomic mass is 10.1. The van der Waals surface area contributed by atoms with Gasteiger partial charge in [-0.05, 0) is 43.5 Å². The molecule has 124 valence electrons. The topological polar surface area (TPSA) is 47.1 Å². The molecular formula is C18H20N4OS. The van der Waals surface area contributed by atoms with Crippen molar-refractivity contribution in [3.63, 3.8) is 0 Å². The van der Waals surface area contributed by atoms with Gasteiger partial charge in [0.1, 0.15) is 5.76 Å². The van der Waals surface area contributed by atoms with Crippen molar-refractivity contribution in [2.75, 3.05) is 19.3 Å². The third-order valence-corrected chi connectivity index (χ3v) is 5.18. The Morgan fingerprint density at radius 1 is 1.25 bits per heavy atom. The van der Waals surface area contributed by atoms with Crippen LogP contribution < -0.4 is 0 Å². The predicted octanol–water partition coefficient (Wildman–Crippen LogP) is 3.63. The summed E-state index contributed by atoms with van der Waals surface area (Å²) in [7, 11) is 0. The predicted molar refractivity (Wildman–Crippen MR) is 95.0 cm³/mol. The van der Waals surface area contributed by atoms with Gasteiger partial charge in [0, 0.05) is 42.5 Å². The maximum absolute atomic E-state index is 5.88. The minimum Gasteiger partial charge on any atom is -0.441 e. The van der Waals surface area contributed by atoms with Crippen LogP contribution >= 0.6 is 11.8 Å². The lowest BCUT2D eigenvalue weighted by Crippen LogP contribution is -2.47. The van der Waals surface area contributed by atoms with Crippen LogP contribution in [0.25, 0.3) is 11.5 Å². The molecule has 0 radical (unpaired) electrons. The number of aryl methyl sites for hydroxylation is 1. The molecule has 24 heavy (non-hydrogen) atoms. The maximum Gasteiger partial charge on any atom is 0.226 e. The number of nitrogens with zero attached hydrogens (tertiary/aromatic N) is 4. The largest absolute Gasteiger partial charge is 0.441 e. The molecule has 3 heterocycles. The number of hydrogen-bond donors (Lipinski definition) is 0. The van der Waals surface area contributed by atoms with Crippen molar-refractivity contribution in [1.82, 2.24) is 19.7 Å². The molecule has 1 aliphatic heterocycles. The van der Waals surface area contributed by atoms with Crippen LogP contribution in [0, 0.1) is 6.92 Å². The molecule has 6 heteroatoms. The van der Waals surface area contributed by atoms with Gasteiger partial charge in [-0.25, -0.2) is 4.98 Å². The van der Waals surface area contributed by atoms with Gasteiger partial charge in [-0.3, -0.25) is 9.58 Å². The average molecular weight is 340 g/mol. The second-order valence-corrected chi connectivity index (χ2v) is 6.96. The minimum atomic E-state index is 0.478. The summed E-state index contributed by atoms with van der Waals surface area (Å²) in [4.78, 5) is 8.32. The minimum absolute atomic E-state index is 0.478. The summed E-state index contributed by atoms with van der Waals surface area (Å²) < 4.78 is 7.91. The first-order valence-corrected chi connectivity index (χ1v) is 9.27. The van der Waals surface area contributed by atoms with Crippen LogP contribution in [0.1, 0.15) is 17.5 Å². The zero-order valence-corrected chi connectivity index (χ0v) is 14.7. The van der Waals surface area contributed by atoms with E-state index in [1.54, 1.807) is 11.8 Å². The molecule has 0 aliphatic carbocycles. The smallest absolute Gasteiger partial charge is 0.226 e. The molecule has 1 aromatic carbocycles. The van der Waals surface area contributed by atoms with Gasteiger partial charge < -0.3 is 4.42 Å². The molecule has 0 bridgehead atoms. The van der Waals surface area contributed by atoms with Crippen molar-refractivity contribution in [2.24, 2.45) is 0 Å². The molecule has 5 nitrogen and oxygen atoms in total. The Hall–Kier alpha value is -2.05. The normalized spacial score (nSPS) is 15.6. The van der Waals surface area contributed by atoms with Crippen molar-refractivity contribution < 1.29 is 4.42 Å². The molecule has 2 aromatic heterocycles.